The molecule has 1 saturated heterocycles. The fourth-order valence-corrected chi connectivity index (χ4v) is 4.12. The molecule has 0 saturated carbocycles. The minimum Gasteiger partial charge on any atom is -0.338 e. The van der Waals surface area contributed by atoms with Gasteiger partial charge in [-0.05, 0) is 30.5 Å². The van der Waals surface area contributed by atoms with Crippen molar-refractivity contribution in [1.82, 2.24) is 4.90 Å². The second kappa shape index (κ2) is 7.01. The second-order valence-electron chi connectivity index (χ2n) is 5.67. The van der Waals surface area contributed by atoms with Gasteiger partial charge in [-0.1, -0.05) is 48.5 Å². The lowest BCUT2D eigenvalue weighted by atomic mass is 10.1. The number of hydrogen-bond acceptors (Lipinski definition) is 2. The lowest BCUT2D eigenvalue weighted by molar-refractivity contribution is 0.0766. The summed E-state index contributed by atoms with van der Waals surface area (Å²) in [5, 5.41) is 0.496. The molecular formula is C19H21NOS. The maximum Gasteiger partial charge on any atom is 0.254 e. The van der Waals surface area contributed by atoms with E-state index in [2.05, 4.69) is 30.3 Å². The van der Waals surface area contributed by atoms with E-state index in [0.717, 1.165) is 36.4 Å². The van der Waals surface area contributed by atoms with Gasteiger partial charge < -0.3 is 4.90 Å². The topological polar surface area (TPSA) is 20.3 Å². The minimum absolute atomic E-state index is 0.174. The molecule has 1 atom stereocenters. The van der Waals surface area contributed by atoms with Crippen molar-refractivity contribution >= 4 is 17.7 Å². The van der Waals surface area contributed by atoms with Crippen molar-refractivity contribution < 1.29 is 4.79 Å². The van der Waals surface area contributed by atoms with Gasteiger partial charge >= 0.3 is 0 Å². The van der Waals surface area contributed by atoms with E-state index in [1.807, 2.05) is 47.9 Å². The first-order valence-electron chi connectivity index (χ1n) is 7.77. The smallest absolute Gasteiger partial charge is 0.254 e. The molecule has 0 aliphatic carbocycles. The van der Waals surface area contributed by atoms with Crippen molar-refractivity contribution in [3.05, 3.63) is 71.3 Å². The first-order chi connectivity index (χ1) is 10.8. The fraction of sp³-hybridized carbons (Fsp3) is 0.316. The van der Waals surface area contributed by atoms with Crippen LogP contribution in [0.3, 0.4) is 0 Å². The minimum atomic E-state index is 0.174. The van der Waals surface area contributed by atoms with Crippen molar-refractivity contribution in [3.63, 3.8) is 0 Å². The van der Waals surface area contributed by atoms with Crippen LogP contribution in [0.4, 0.5) is 0 Å². The van der Waals surface area contributed by atoms with Crippen LogP contribution in [0.5, 0.6) is 0 Å². The zero-order valence-corrected chi connectivity index (χ0v) is 13.7. The molecule has 1 amide bonds. The molecule has 1 aliphatic heterocycles. The summed E-state index contributed by atoms with van der Waals surface area (Å²) in [6.07, 6.45) is 1.02. The molecule has 1 aliphatic rings. The predicted molar refractivity (Wildman–Crippen MR) is 93.3 cm³/mol. The quantitative estimate of drug-likeness (QED) is 0.823. The second-order valence-corrected chi connectivity index (χ2v) is 6.98. The number of nitrogens with zero attached hydrogens (tertiary/aromatic N) is 1. The normalized spacial score (nSPS) is 18.8. The summed E-state index contributed by atoms with van der Waals surface area (Å²) in [5.74, 6) is 1.17. The zero-order chi connectivity index (χ0) is 15.4. The van der Waals surface area contributed by atoms with Gasteiger partial charge in [0.15, 0.2) is 0 Å². The summed E-state index contributed by atoms with van der Waals surface area (Å²) in [4.78, 5) is 14.7. The van der Waals surface area contributed by atoms with Gasteiger partial charge in [0.1, 0.15) is 0 Å². The van der Waals surface area contributed by atoms with Crippen molar-refractivity contribution in [2.24, 2.45) is 0 Å². The molecule has 3 heteroatoms. The molecule has 0 spiro atoms. The molecule has 0 radical (unpaired) electrons. The monoisotopic (exact) mass is 311 g/mol. The van der Waals surface area contributed by atoms with Crippen LogP contribution in [0, 0.1) is 6.92 Å². The highest BCUT2D eigenvalue weighted by molar-refractivity contribution is 7.99. The summed E-state index contributed by atoms with van der Waals surface area (Å²) >= 11 is 1.96. The van der Waals surface area contributed by atoms with E-state index in [0.29, 0.717) is 5.25 Å². The standard InChI is InChI=1S/C19H21NOS/c1-15-7-5-6-10-17(15)19(21)20-12-11-18(22-14-13-20)16-8-3-2-4-9-16/h2-10,18H,11-14H2,1H3. The van der Waals surface area contributed by atoms with Gasteiger partial charge in [-0.2, -0.15) is 11.8 Å². The number of rotatable bonds is 2. The van der Waals surface area contributed by atoms with Crippen LogP contribution < -0.4 is 0 Å². The Hall–Kier alpha value is -1.74. The van der Waals surface area contributed by atoms with E-state index in [1.165, 1.54) is 5.56 Å². The predicted octanol–water partition coefficient (Wildman–Crippen LogP) is 4.32. The number of amides is 1. The zero-order valence-electron chi connectivity index (χ0n) is 12.9. The van der Waals surface area contributed by atoms with E-state index >= 15 is 0 Å². The molecule has 0 bridgehead atoms. The average molecular weight is 311 g/mol. The van der Waals surface area contributed by atoms with Crippen molar-refractivity contribution in [2.75, 3.05) is 18.8 Å². The Morgan fingerprint density at radius 3 is 2.55 bits per heavy atom. The largest absolute Gasteiger partial charge is 0.338 e. The molecule has 2 aromatic rings. The van der Waals surface area contributed by atoms with Gasteiger partial charge in [-0.25, -0.2) is 0 Å². The van der Waals surface area contributed by atoms with Gasteiger partial charge in [0.05, 0.1) is 0 Å². The van der Waals surface area contributed by atoms with Crippen LogP contribution in [-0.2, 0) is 0 Å². The van der Waals surface area contributed by atoms with Crippen LogP contribution in [0.2, 0.25) is 0 Å². The van der Waals surface area contributed by atoms with Gasteiger partial charge in [-0.15, -0.1) is 0 Å². The maximum atomic E-state index is 12.7. The summed E-state index contributed by atoms with van der Waals surface area (Å²) in [7, 11) is 0. The molecule has 2 nitrogen and oxygen atoms in total. The molecule has 2 aromatic carbocycles. The van der Waals surface area contributed by atoms with Gasteiger partial charge in [0.2, 0.25) is 0 Å². The Labute approximate surface area is 136 Å². The molecular weight excluding hydrogens is 290 g/mol. The Balaban J connectivity index is 1.70. The highest BCUT2D eigenvalue weighted by atomic mass is 32.2. The van der Waals surface area contributed by atoms with E-state index in [4.69, 9.17) is 0 Å². The lowest BCUT2D eigenvalue weighted by Gasteiger charge is -2.21. The van der Waals surface area contributed by atoms with E-state index in [9.17, 15) is 4.79 Å². The van der Waals surface area contributed by atoms with Crippen molar-refractivity contribution in [3.8, 4) is 0 Å². The Bertz CT molecular complexity index is 641. The molecule has 1 unspecified atom stereocenters. The molecule has 0 aromatic heterocycles. The SMILES string of the molecule is Cc1ccccc1C(=O)N1CCSC(c2ccccc2)CC1. The Morgan fingerprint density at radius 2 is 1.77 bits per heavy atom. The first kappa shape index (κ1) is 15.2. The highest BCUT2D eigenvalue weighted by Gasteiger charge is 2.23. The molecule has 1 heterocycles. The van der Waals surface area contributed by atoms with Crippen molar-refractivity contribution in [2.45, 2.75) is 18.6 Å². The summed E-state index contributed by atoms with van der Waals surface area (Å²) in [6, 6.07) is 18.5. The molecule has 1 fully saturated rings. The number of thioether (sulfide) groups is 1. The highest BCUT2D eigenvalue weighted by Crippen LogP contribution is 2.34. The molecule has 22 heavy (non-hydrogen) atoms. The molecule has 3 rings (SSSR count). The maximum absolute atomic E-state index is 12.7. The van der Waals surface area contributed by atoms with Crippen molar-refractivity contribution in [1.29, 1.82) is 0 Å². The third-order valence-electron chi connectivity index (χ3n) is 4.18. The van der Waals surface area contributed by atoms with Crippen LogP contribution in [-0.4, -0.2) is 29.6 Å². The van der Waals surface area contributed by atoms with Crippen LogP contribution in [0.25, 0.3) is 0 Å². The Kier molecular flexibility index (Phi) is 4.84. The summed E-state index contributed by atoms with van der Waals surface area (Å²) < 4.78 is 0. The van der Waals surface area contributed by atoms with E-state index in [1.54, 1.807) is 0 Å². The third-order valence-corrected chi connectivity index (χ3v) is 5.50. The van der Waals surface area contributed by atoms with Crippen LogP contribution in [0.15, 0.2) is 54.6 Å². The van der Waals surface area contributed by atoms with Crippen LogP contribution in [0.1, 0.15) is 33.2 Å². The van der Waals surface area contributed by atoms with Gasteiger partial charge in [0.25, 0.3) is 5.91 Å². The fourth-order valence-electron chi connectivity index (χ4n) is 2.89. The average Bonchev–Trinajstić information content (AvgIpc) is 2.81. The van der Waals surface area contributed by atoms with E-state index < -0.39 is 0 Å². The third kappa shape index (κ3) is 3.36. The number of hydrogen-bond donors (Lipinski definition) is 0. The Morgan fingerprint density at radius 1 is 1.05 bits per heavy atom. The number of benzene rings is 2. The molecule has 0 N–H and O–H groups in total. The number of aryl methyl sites for hydroxylation is 1. The molecule has 114 valence electrons. The van der Waals surface area contributed by atoms with E-state index in [-0.39, 0.29) is 5.91 Å². The first-order valence-corrected chi connectivity index (χ1v) is 8.82. The summed E-state index contributed by atoms with van der Waals surface area (Å²) in [5.41, 5.74) is 3.27. The van der Waals surface area contributed by atoms with Gasteiger partial charge in [0, 0.05) is 29.7 Å². The van der Waals surface area contributed by atoms with Crippen LogP contribution >= 0.6 is 11.8 Å². The van der Waals surface area contributed by atoms with Gasteiger partial charge in [-0.3, -0.25) is 4.79 Å². The summed E-state index contributed by atoms with van der Waals surface area (Å²) in [6.45, 7) is 3.67. The number of carbonyl (C=O) groups is 1. The lowest BCUT2D eigenvalue weighted by Crippen LogP contribution is -2.33. The number of carbonyl (C=O) groups excluding carboxylic acids is 1.